The Morgan fingerprint density at radius 1 is 0.625 bits per heavy atom. The Hall–Kier alpha value is -6.12. The number of hydrogen-bond donors (Lipinski definition) is 1. The van der Waals surface area contributed by atoms with Crippen molar-refractivity contribution >= 4 is 46.2 Å². The van der Waals surface area contributed by atoms with Crippen molar-refractivity contribution in [2.75, 3.05) is 9.80 Å². The van der Waals surface area contributed by atoms with Gasteiger partial charge in [-0.2, -0.15) is 5.26 Å². The minimum Gasteiger partial charge on any atom is -0.477 e. The zero-order valence-electron chi connectivity index (χ0n) is 27.1. The highest BCUT2D eigenvalue weighted by molar-refractivity contribution is 5.93. The Balaban J connectivity index is 1.30. The Kier molecular flexibility index (Phi) is 9.36. The van der Waals surface area contributed by atoms with Crippen molar-refractivity contribution in [3.8, 4) is 6.07 Å². The van der Waals surface area contributed by atoms with Gasteiger partial charge in [-0.05, 0) is 108 Å². The highest BCUT2D eigenvalue weighted by Gasteiger charge is 2.28. The molecular weight excluding hydrogens is 590 g/mol. The molecule has 48 heavy (non-hydrogen) atoms. The second kappa shape index (κ2) is 14.1. The monoisotopic (exact) mass is 627 g/mol. The molecule has 0 saturated heterocycles. The lowest BCUT2D eigenvalue weighted by Gasteiger charge is -2.30. The number of nitrogens with zero attached hydrogens (tertiary/aromatic N) is 3. The zero-order valence-corrected chi connectivity index (χ0v) is 27.1. The van der Waals surface area contributed by atoms with E-state index in [1.165, 1.54) is 0 Å². The molecule has 0 bridgehead atoms. The van der Waals surface area contributed by atoms with E-state index in [1.807, 2.05) is 54.6 Å². The predicted molar refractivity (Wildman–Crippen MR) is 196 cm³/mol. The molecule has 5 aromatic carbocycles. The van der Waals surface area contributed by atoms with E-state index in [0.29, 0.717) is 12.0 Å². The Labute approximate surface area is 282 Å². The number of hydrogen-bond acceptors (Lipinski definition) is 4. The summed E-state index contributed by atoms with van der Waals surface area (Å²) in [7, 11) is 0. The van der Waals surface area contributed by atoms with Crippen molar-refractivity contribution in [1.29, 1.82) is 5.26 Å². The van der Waals surface area contributed by atoms with Gasteiger partial charge in [-0.25, -0.2) is 4.79 Å². The molecule has 5 heteroatoms. The first kappa shape index (κ1) is 31.8. The second-order valence-electron chi connectivity index (χ2n) is 12.7. The fourth-order valence-electron chi connectivity index (χ4n) is 6.30. The summed E-state index contributed by atoms with van der Waals surface area (Å²) < 4.78 is 0. The van der Waals surface area contributed by atoms with E-state index in [2.05, 4.69) is 133 Å². The SMILES string of the molecule is CC1(C)CC(/C=C/c2ccc(N(c3ccccc3)c3ccc(N(c4ccccc4)c4ccccc4)cc3)cc2)=CC(=C(\C#N)C(=O)O)/C1. The fourth-order valence-corrected chi connectivity index (χ4v) is 6.30. The quantitative estimate of drug-likeness (QED) is 0.130. The summed E-state index contributed by atoms with van der Waals surface area (Å²) in [4.78, 5) is 16.1. The van der Waals surface area contributed by atoms with E-state index in [1.54, 1.807) is 0 Å². The maximum Gasteiger partial charge on any atom is 0.346 e. The molecule has 0 heterocycles. The third-order valence-electron chi connectivity index (χ3n) is 8.41. The molecule has 0 aromatic heterocycles. The van der Waals surface area contributed by atoms with E-state index in [0.717, 1.165) is 51.7 Å². The van der Waals surface area contributed by atoms with Gasteiger partial charge in [0.1, 0.15) is 11.6 Å². The number of carboxylic acids is 1. The Morgan fingerprint density at radius 3 is 1.42 bits per heavy atom. The molecule has 0 radical (unpaired) electrons. The Bertz CT molecular complexity index is 1960. The zero-order chi connectivity index (χ0) is 33.5. The standard InChI is InChI=1S/C43H37N3O2/c1-43(2)29-33(28-34(30-43)41(31-44)42(47)48)19-18-32-20-22-38(23-21-32)46(37-16-10-5-11-17-37)40-26-24-39(25-27-40)45(35-12-6-3-7-13-35)36-14-8-4-9-15-36/h3-28H,29-30H2,1-2H3,(H,47,48)/b19-18+,41-34-. The van der Waals surface area contributed by atoms with E-state index in [9.17, 15) is 15.2 Å². The van der Waals surface area contributed by atoms with Gasteiger partial charge in [-0.1, -0.05) is 98.8 Å². The van der Waals surface area contributed by atoms with Gasteiger partial charge in [0.2, 0.25) is 0 Å². The van der Waals surface area contributed by atoms with Gasteiger partial charge in [-0.3, -0.25) is 0 Å². The number of carbonyl (C=O) groups is 1. The van der Waals surface area contributed by atoms with Crippen LogP contribution in [0.5, 0.6) is 0 Å². The smallest absolute Gasteiger partial charge is 0.346 e. The summed E-state index contributed by atoms with van der Waals surface area (Å²) in [5, 5.41) is 19.0. The van der Waals surface area contributed by atoms with Crippen LogP contribution in [0.1, 0.15) is 32.3 Å². The van der Waals surface area contributed by atoms with Crippen molar-refractivity contribution < 1.29 is 9.90 Å². The predicted octanol–water partition coefficient (Wildman–Crippen LogP) is 11.3. The first-order valence-corrected chi connectivity index (χ1v) is 16.0. The summed E-state index contributed by atoms with van der Waals surface area (Å²) in [6, 6.07) is 50.0. The number of carboxylic acid groups (broad SMARTS) is 1. The third kappa shape index (κ3) is 7.30. The summed E-state index contributed by atoms with van der Waals surface area (Å²) in [6.45, 7) is 4.20. The van der Waals surface area contributed by atoms with Crippen molar-refractivity contribution in [3.05, 3.63) is 174 Å². The van der Waals surface area contributed by atoms with Crippen LogP contribution in [0.4, 0.5) is 34.1 Å². The lowest BCUT2D eigenvalue weighted by Crippen LogP contribution is -2.19. The number of aliphatic carboxylic acids is 1. The maximum atomic E-state index is 11.6. The van der Waals surface area contributed by atoms with Crippen LogP contribution in [0.3, 0.4) is 0 Å². The molecule has 0 aliphatic heterocycles. The lowest BCUT2D eigenvalue weighted by atomic mass is 9.74. The van der Waals surface area contributed by atoms with Gasteiger partial charge in [0.25, 0.3) is 0 Å². The van der Waals surface area contributed by atoms with Gasteiger partial charge >= 0.3 is 5.97 Å². The molecule has 6 rings (SSSR count). The van der Waals surface area contributed by atoms with E-state index >= 15 is 0 Å². The van der Waals surface area contributed by atoms with E-state index in [4.69, 9.17) is 0 Å². The Morgan fingerprint density at radius 2 is 1.02 bits per heavy atom. The van der Waals surface area contributed by atoms with Crippen molar-refractivity contribution in [2.45, 2.75) is 26.7 Å². The number of nitriles is 1. The third-order valence-corrected chi connectivity index (χ3v) is 8.41. The minimum atomic E-state index is -1.18. The maximum absolute atomic E-state index is 11.6. The number of benzene rings is 5. The molecule has 0 unspecified atom stereocenters. The van der Waals surface area contributed by atoms with Crippen molar-refractivity contribution in [2.24, 2.45) is 5.41 Å². The molecule has 0 saturated carbocycles. The lowest BCUT2D eigenvalue weighted by molar-refractivity contribution is -0.132. The first-order chi connectivity index (χ1) is 23.3. The van der Waals surface area contributed by atoms with Crippen LogP contribution in [0.15, 0.2) is 168 Å². The second-order valence-corrected chi connectivity index (χ2v) is 12.7. The average Bonchev–Trinajstić information content (AvgIpc) is 3.10. The summed E-state index contributed by atoms with van der Waals surface area (Å²) in [5.74, 6) is -1.18. The molecular formula is C43H37N3O2. The van der Waals surface area contributed by atoms with Gasteiger partial charge < -0.3 is 14.9 Å². The van der Waals surface area contributed by atoms with Crippen molar-refractivity contribution in [1.82, 2.24) is 0 Å². The van der Waals surface area contributed by atoms with Gasteiger partial charge in [0, 0.05) is 34.1 Å². The van der Waals surface area contributed by atoms with Crippen LogP contribution < -0.4 is 9.80 Å². The van der Waals surface area contributed by atoms with Crippen LogP contribution in [0, 0.1) is 16.7 Å². The number of para-hydroxylation sites is 3. The van der Waals surface area contributed by atoms with Gasteiger partial charge in [0.05, 0.1) is 0 Å². The van der Waals surface area contributed by atoms with E-state index in [-0.39, 0.29) is 11.0 Å². The fraction of sp³-hybridized carbons (Fsp3) is 0.116. The van der Waals surface area contributed by atoms with Crippen LogP contribution >= 0.6 is 0 Å². The van der Waals surface area contributed by atoms with Crippen LogP contribution in [0.25, 0.3) is 6.08 Å². The van der Waals surface area contributed by atoms with Crippen LogP contribution in [-0.4, -0.2) is 11.1 Å². The molecule has 0 amide bonds. The topological polar surface area (TPSA) is 67.6 Å². The molecule has 236 valence electrons. The molecule has 1 aliphatic carbocycles. The van der Waals surface area contributed by atoms with Gasteiger partial charge in [-0.15, -0.1) is 0 Å². The summed E-state index contributed by atoms with van der Waals surface area (Å²) in [6.07, 6.45) is 7.30. The molecule has 0 atom stereocenters. The molecule has 1 N–H and O–H groups in total. The number of anilines is 6. The largest absolute Gasteiger partial charge is 0.477 e. The molecule has 1 aliphatic rings. The molecule has 5 aromatic rings. The normalized spacial score (nSPS) is 14.9. The average molecular weight is 628 g/mol. The molecule has 0 fully saturated rings. The summed E-state index contributed by atoms with van der Waals surface area (Å²) >= 11 is 0. The summed E-state index contributed by atoms with van der Waals surface area (Å²) in [5.41, 5.74) is 8.64. The number of rotatable bonds is 9. The molecule has 0 spiro atoms. The first-order valence-electron chi connectivity index (χ1n) is 16.0. The highest BCUT2D eigenvalue weighted by Crippen LogP contribution is 2.41. The van der Waals surface area contributed by atoms with Gasteiger partial charge in [0.15, 0.2) is 0 Å². The van der Waals surface area contributed by atoms with Crippen LogP contribution in [-0.2, 0) is 4.79 Å². The molecule has 5 nitrogen and oxygen atoms in total. The minimum absolute atomic E-state index is 0.143. The van der Waals surface area contributed by atoms with E-state index < -0.39 is 5.97 Å². The highest BCUT2D eigenvalue weighted by atomic mass is 16.4. The van der Waals surface area contributed by atoms with Crippen LogP contribution in [0.2, 0.25) is 0 Å². The number of allylic oxidation sites excluding steroid dienone is 4. The van der Waals surface area contributed by atoms with Crippen molar-refractivity contribution in [3.63, 3.8) is 0 Å².